The lowest BCUT2D eigenvalue weighted by Gasteiger charge is -2.18. The van der Waals surface area contributed by atoms with E-state index < -0.39 is 6.10 Å². The molecule has 0 aromatic rings. The minimum absolute atomic E-state index is 0.0660. The summed E-state index contributed by atoms with van der Waals surface area (Å²) in [6.45, 7) is 6.68. The van der Waals surface area contributed by atoms with E-state index in [2.05, 4.69) is 45.1 Å². The van der Waals surface area contributed by atoms with Crippen molar-refractivity contribution in [3.8, 4) is 0 Å². The largest absolute Gasteiger partial charge is 0.462 e. The highest BCUT2D eigenvalue weighted by Crippen LogP contribution is 2.18. The Morgan fingerprint density at radius 3 is 0.649 bits per heavy atom. The van der Waals surface area contributed by atoms with E-state index in [0.717, 1.165) is 57.8 Å². The van der Waals surface area contributed by atoms with Crippen molar-refractivity contribution in [3.63, 3.8) is 0 Å². The van der Waals surface area contributed by atoms with E-state index in [9.17, 15) is 14.4 Å². The summed E-state index contributed by atoms with van der Waals surface area (Å²) >= 11 is 0. The number of esters is 3. The monoisotopic (exact) mass is 1080 g/mol. The van der Waals surface area contributed by atoms with Crippen LogP contribution in [0.25, 0.3) is 0 Å². The lowest BCUT2D eigenvalue weighted by molar-refractivity contribution is -0.167. The van der Waals surface area contributed by atoms with Gasteiger partial charge in [0.25, 0.3) is 0 Å². The third-order valence-corrected chi connectivity index (χ3v) is 15.9. The minimum Gasteiger partial charge on any atom is -0.462 e. The number of hydrogen-bond donors (Lipinski definition) is 0. The highest BCUT2D eigenvalue weighted by Gasteiger charge is 2.19. The van der Waals surface area contributed by atoms with E-state index in [1.54, 1.807) is 0 Å². The first-order valence-corrected chi connectivity index (χ1v) is 34.8. The zero-order valence-electron chi connectivity index (χ0n) is 52.3. The van der Waals surface area contributed by atoms with Gasteiger partial charge in [0, 0.05) is 19.3 Å². The van der Waals surface area contributed by atoms with Crippen molar-refractivity contribution in [3.05, 3.63) is 24.3 Å². The molecule has 0 heterocycles. The first-order chi connectivity index (χ1) is 38.0. The van der Waals surface area contributed by atoms with Gasteiger partial charge in [-0.3, -0.25) is 14.4 Å². The Bertz CT molecular complexity index is 1240. The first kappa shape index (κ1) is 74.9. The number of unbranched alkanes of at least 4 members (excludes halogenated alkanes) is 50. The van der Waals surface area contributed by atoms with E-state index in [4.69, 9.17) is 14.2 Å². The van der Waals surface area contributed by atoms with Gasteiger partial charge in [0.1, 0.15) is 13.2 Å². The van der Waals surface area contributed by atoms with Crippen LogP contribution in [0.2, 0.25) is 0 Å². The molecule has 0 spiro atoms. The van der Waals surface area contributed by atoms with Gasteiger partial charge in [-0.25, -0.2) is 0 Å². The Balaban J connectivity index is 4.05. The number of ether oxygens (including phenoxy) is 3. The van der Waals surface area contributed by atoms with E-state index in [0.29, 0.717) is 19.3 Å². The van der Waals surface area contributed by atoms with Gasteiger partial charge >= 0.3 is 17.9 Å². The molecule has 0 aliphatic heterocycles. The summed E-state index contributed by atoms with van der Waals surface area (Å²) in [5.74, 6) is -0.843. The van der Waals surface area contributed by atoms with Gasteiger partial charge in [0.2, 0.25) is 0 Å². The van der Waals surface area contributed by atoms with Gasteiger partial charge in [-0.15, -0.1) is 0 Å². The smallest absolute Gasteiger partial charge is 0.306 e. The number of hydrogen-bond acceptors (Lipinski definition) is 6. The molecule has 0 aromatic carbocycles. The number of carbonyl (C=O) groups is 3. The van der Waals surface area contributed by atoms with E-state index >= 15 is 0 Å². The van der Waals surface area contributed by atoms with Crippen molar-refractivity contribution in [1.82, 2.24) is 0 Å². The quantitative estimate of drug-likeness (QED) is 0.0261. The molecule has 1 atom stereocenters. The van der Waals surface area contributed by atoms with Crippen LogP contribution >= 0.6 is 0 Å². The molecule has 0 saturated heterocycles. The zero-order valence-corrected chi connectivity index (χ0v) is 52.3. The molecular weight excluding hydrogens is 949 g/mol. The number of carbonyl (C=O) groups excluding carboxylic acids is 3. The fraction of sp³-hybridized carbons (Fsp3) is 0.901. The van der Waals surface area contributed by atoms with Gasteiger partial charge in [-0.05, 0) is 70.6 Å². The molecule has 454 valence electrons. The van der Waals surface area contributed by atoms with Crippen molar-refractivity contribution in [1.29, 1.82) is 0 Å². The van der Waals surface area contributed by atoms with E-state index in [1.807, 2.05) is 0 Å². The molecule has 0 bridgehead atoms. The molecule has 0 aromatic heterocycles. The highest BCUT2D eigenvalue weighted by molar-refractivity contribution is 5.71. The highest BCUT2D eigenvalue weighted by atomic mass is 16.6. The molecule has 6 nitrogen and oxygen atoms in total. The second kappa shape index (κ2) is 66.4. The van der Waals surface area contributed by atoms with Gasteiger partial charge in [0.15, 0.2) is 6.10 Å². The molecular formula is C71H134O6. The van der Waals surface area contributed by atoms with Crippen LogP contribution in [-0.4, -0.2) is 37.2 Å². The number of allylic oxidation sites excluding steroid dienone is 4. The molecule has 0 aliphatic carbocycles. The predicted molar refractivity (Wildman–Crippen MR) is 335 cm³/mol. The average Bonchev–Trinajstić information content (AvgIpc) is 3.43. The van der Waals surface area contributed by atoms with Gasteiger partial charge in [-0.1, -0.05) is 328 Å². The number of rotatable bonds is 65. The summed E-state index contributed by atoms with van der Waals surface area (Å²) in [6.07, 6.45) is 80.8. The molecule has 0 radical (unpaired) electrons. The normalized spacial score (nSPS) is 12.1. The van der Waals surface area contributed by atoms with Crippen LogP contribution in [0.4, 0.5) is 0 Å². The molecule has 0 fully saturated rings. The fourth-order valence-electron chi connectivity index (χ4n) is 10.7. The first-order valence-electron chi connectivity index (χ1n) is 34.8. The summed E-state index contributed by atoms with van der Waals surface area (Å²) < 4.78 is 16.9. The Morgan fingerprint density at radius 2 is 0.429 bits per heavy atom. The SMILES string of the molecule is CCCCCCCC/C=C\CCCCCCCCCCCC(=O)OC(COC(=O)CCCCCCCCCCC)COC(=O)CCCCCCCCCCCCCCCCCCCCC/C=C\CCCCCCCCCC. The predicted octanol–water partition coefficient (Wildman–Crippen LogP) is 23.8. The molecule has 0 aliphatic rings. The van der Waals surface area contributed by atoms with Crippen molar-refractivity contribution in [2.45, 2.75) is 399 Å². The maximum Gasteiger partial charge on any atom is 0.306 e. The van der Waals surface area contributed by atoms with Crippen LogP contribution in [0.3, 0.4) is 0 Å². The average molecular weight is 1080 g/mol. The standard InChI is InChI=1S/C71H134O6/c1-4-7-10-13-16-19-21-23-25-27-29-30-31-32-33-34-35-36-37-38-39-40-42-43-45-47-49-52-55-58-61-64-70(73)76-67-68(66-75-69(72)63-60-57-54-51-18-15-12-9-6-3)77-71(74)65-62-59-56-53-50-48-46-44-41-28-26-24-22-20-17-14-11-8-5-2/h24,26-27,29,68H,4-23,25,28,30-67H2,1-3H3/b26-24-,29-27-. The molecule has 1 unspecified atom stereocenters. The fourth-order valence-corrected chi connectivity index (χ4v) is 10.7. The lowest BCUT2D eigenvalue weighted by atomic mass is 10.0. The van der Waals surface area contributed by atoms with Crippen LogP contribution in [-0.2, 0) is 28.6 Å². The third kappa shape index (κ3) is 64.6. The summed E-state index contributed by atoms with van der Waals surface area (Å²) in [6, 6.07) is 0. The van der Waals surface area contributed by atoms with Crippen LogP contribution < -0.4 is 0 Å². The summed E-state index contributed by atoms with van der Waals surface area (Å²) in [4.78, 5) is 38.2. The Hall–Kier alpha value is -2.11. The van der Waals surface area contributed by atoms with Gasteiger partial charge < -0.3 is 14.2 Å². The Morgan fingerprint density at radius 1 is 0.247 bits per heavy atom. The van der Waals surface area contributed by atoms with E-state index in [-0.39, 0.29) is 31.1 Å². The third-order valence-electron chi connectivity index (χ3n) is 15.9. The van der Waals surface area contributed by atoms with Crippen molar-refractivity contribution < 1.29 is 28.6 Å². The van der Waals surface area contributed by atoms with Crippen molar-refractivity contribution >= 4 is 17.9 Å². The second-order valence-electron chi connectivity index (χ2n) is 23.8. The molecule has 0 N–H and O–H groups in total. The van der Waals surface area contributed by atoms with Gasteiger partial charge in [-0.2, -0.15) is 0 Å². The minimum atomic E-state index is -0.767. The molecule has 77 heavy (non-hydrogen) atoms. The summed E-state index contributed by atoms with van der Waals surface area (Å²) in [5, 5.41) is 0. The Labute approximate surface area is 481 Å². The lowest BCUT2D eigenvalue weighted by Crippen LogP contribution is -2.30. The van der Waals surface area contributed by atoms with E-state index in [1.165, 1.54) is 295 Å². The van der Waals surface area contributed by atoms with Crippen molar-refractivity contribution in [2.24, 2.45) is 0 Å². The zero-order chi connectivity index (χ0) is 55.7. The van der Waals surface area contributed by atoms with Crippen LogP contribution in [0, 0.1) is 0 Å². The Kier molecular flexibility index (Phi) is 64.6. The summed E-state index contributed by atoms with van der Waals surface area (Å²) in [7, 11) is 0. The van der Waals surface area contributed by atoms with Crippen molar-refractivity contribution in [2.75, 3.05) is 13.2 Å². The molecule has 0 saturated carbocycles. The molecule has 0 amide bonds. The summed E-state index contributed by atoms with van der Waals surface area (Å²) in [5.41, 5.74) is 0. The molecule has 0 rings (SSSR count). The maximum absolute atomic E-state index is 12.9. The van der Waals surface area contributed by atoms with Crippen LogP contribution in [0.1, 0.15) is 393 Å². The topological polar surface area (TPSA) is 78.9 Å². The van der Waals surface area contributed by atoms with Crippen LogP contribution in [0.5, 0.6) is 0 Å². The van der Waals surface area contributed by atoms with Crippen LogP contribution in [0.15, 0.2) is 24.3 Å². The maximum atomic E-state index is 12.9. The molecule has 6 heteroatoms. The second-order valence-corrected chi connectivity index (χ2v) is 23.8. The van der Waals surface area contributed by atoms with Gasteiger partial charge in [0.05, 0.1) is 0 Å².